The molecule has 0 N–H and O–H groups in total. The van der Waals surface area contributed by atoms with Crippen molar-refractivity contribution < 1.29 is 13.9 Å². The summed E-state index contributed by atoms with van der Waals surface area (Å²) >= 11 is 0. The van der Waals surface area contributed by atoms with Gasteiger partial charge in [0.15, 0.2) is 12.4 Å². The van der Waals surface area contributed by atoms with E-state index < -0.39 is 5.82 Å². The average Bonchev–Trinajstić information content (AvgIpc) is 2.37. The molecule has 0 unspecified atom stereocenters. The first-order chi connectivity index (χ1) is 9.06. The van der Waals surface area contributed by atoms with E-state index in [0.717, 1.165) is 11.1 Å². The molecule has 0 saturated carbocycles. The number of ether oxygens (including phenoxy) is 1. The van der Waals surface area contributed by atoms with Gasteiger partial charge in [-0.05, 0) is 37.6 Å². The summed E-state index contributed by atoms with van der Waals surface area (Å²) < 4.78 is 18.5. The number of hydrogen-bond donors (Lipinski definition) is 0. The molecule has 2 aromatic carbocycles. The van der Waals surface area contributed by atoms with Gasteiger partial charge in [0.1, 0.15) is 11.6 Å². The molecule has 0 bridgehead atoms. The number of carbonyl (C=O) groups excluding carboxylic acids is 1. The Morgan fingerprint density at radius 1 is 1.16 bits per heavy atom. The lowest BCUT2D eigenvalue weighted by Crippen LogP contribution is -2.12. The molecule has 2 nitrogen and oxygen atoms in total. The maximum absolute atomic E-state index is 13.0. The van der Waals surface area contributed by atoms with Gasteiger partial charge in [0.05, 0.1) is 0 Å². The molecular weight excluding hydrogens is 243 g/mol. The summed E-state index contributed by atoms with van der Waals surface area (Å²) in [5.41, 5.74) is 2.44. The van der Waals surface area contributed by atoms with Gasteiger partial charge in [-0.1, -0.05) is 29.8 Å². The average molecular weight is 258 g/mol. The molecule has 3 heteroatoms. The quantitative estimate of drug-likeness (QED) is 0.781. The van der Waals surface area contributed by atoms with Crippen molar-refractivity contribution in [2.45, 2.75) is 13.8 Å². The smallest absolute Gasteiger partial charge is 0.200 e. The molecule has 0 radical (unpaired) electrons. The number of rotatable bonds is 4. The molecule has 0 heterocycles. The van der Waals surface area contributed by atoms with Crippen LogP contribution in [0.5, 0.6) is 5.75 Å². The van der Waals surface area contributed by atoms with Crippen LogP contribution in [-0.2, 0) is 0 Å². The molecule has 19 heavy (non-hydrogen) atoms. The lowest BCUT2D eigenvalue weighted by atomic mass is 10.1. The highest BCUT2D eigenvalue weighted by Gasteiger charge is 2.08. The third kappa shape index (κ3) is 3.41. The molecule has 2 rings (SSSR count). The summed E-state index contributed by atoms with van der Waals surface area (Å²) in [6.45, 7) is 3.83. The zero-order valence-electron chi connectivity index (χ0n) is 10.9. The lowest BCUT2D eigenvalue weighted by molar-refractivity contribution is 0.0920. The van der Waals surface area contributed by atoms with E-state index in [9.17, 15) is 9.18 Å². The Morgan fingerprint density at radius 3 is 2.63 bits per heavy atom. The first-order valence-corrected chi connectivity index (χ1v) is 6.05. The molecule has 0 atom stereocenters. The van der Waals surface area contributed by atoms with Gasteiger partial charge in [-0.2, -0.15) is 0 Å². The van der Waals surface area contributed by atoms with E-state index in [1.54, 1.807) is 6.07 Å². The summed E-state index contributed by atoms with van der Waals surface area (Å²) in [4.78, 5) is 11.9. The number of carbonyl (C=O) groups is 1. The predicted octanol–water partition coefficient (Wildman–Crippen LogP) is 3.70. The van der Waals surface area contributed by atoms with Crippen molar-refractivity contribution in [1.82, 2.24) is 0 Å². The zero-order chi connectivity index (χ0) is 13.8. The molecule has 98 valence electrons. The molecule has 2 aromatic rings. The second-order valence-electron chi connectivity index (χ2n) is 4.49. The van der Waals surface area contributed by atoms with Gasteiger partial charge in [-0.15, -0.1) is 0 Å². The first kappa shape index (κ1) is 13.3. The van der Waals surface area contributed by atoms with Crippen LogP contribution < -0.4 is 4.74 Å². The SMILES string of the molecule is Cc1ccc(OCC(=O)c2cccc(F)c2)c(C)c1. The summed E-state index contributed by atoms with van der Waals surface area (Å²) in [5, 5.41) is 0. The molecule has 0 amide bonds. The monoisotopic (exact) mass is 258 g/mol. The van der Waals surface area contributed by atoms with Gasteiger partial charge in [0, 0.05) is 5.56 Å². The molecule has 0 aliphatic heterocycles. The van der Waals surface area contributed by atoms with Crippen molar-refractivity contribution in [1.29, 1.82) is 0 Å². The second-order valence-corrected chi connectivity index (χ2v) is 4.49. The van der Waals surface area contributed by atoms with E-state index in [2.05, 4.69) is 0 Å². The Bertz CT molecular complexity index is 605. The zero-order valence-corrected chi connectivity index (χ0v) is 10.9. The third-order valence-corrected chi connectivity index (χ3v) is 2.84. The van der Waals surface area contributed by atoms with E-state index in [4.69, 9.17) is 4.74 Å². The fourth-order valence-corrected chi connectivity index (χ4v) is 1.85. The molecule has 0 aliphatic rings. The van der Waals surface area contributed by atoms with Crippen molar-refractivity contribution >= 4 is 5.78 Å². The minimum absolute atomic E-state index is 0.0899. The van der Waals surface area contributed by atoms with Crippen molar-refractivity contribution in [2.24, 2.45) is 0 Å². The van der Waals surface area contributed by atoms with Crippen LogP contribution in [0.1, 0.15) is 21.5 Å². The van der Waals surface area contributed by atoms with Crippen molar-refractivity contribution in [2.75, 3.05) is 6.61 Å². The molecule has 0 saturated heterocycles. The van der Waals surface area contributed by atoms with Crippen LogP contribution in [-0.4, -0.2) is 12.4 Å². The Balaban J connectivity index is 2.04. The fraction of sp³-hybridized carbons (Fsp3) is 0.188. The van der Waals surface area contributed by atoms with Gasteiger partial charge in [0.2, 0.25) is 0 Å². The minimum atomic E-state index is -0.419. The van der Waals surface area contributed by atoms with Gasteiger partial charge in [-0.25, -0.2) is 4.39 Å². The van der Waals surface area contributed by atoms with Crippen LogP contribution in [0.15, 0.2) is 42.5 Å². The van der Waals surface area contributed by atoms with Gasteiger partial charge in [0.25, 0.3) is 0 Å². The highest BCUT2D eigenvalue weighted by molar-refractivity contribution is 5.97. The number of aryl methyl sites for hydroxylation is 2. The van der Waals surface area contributed by atoms with E-state index >= 15 is 0 Å². The molecular formula is C16H15FO2. The van der Waals surface area contributed by atoms with Gasteiger partial charge < -0.3 is 4.74 Å². The first-order valence-electron chi connectivity index (χ1n) is 6.05. The highest BCUT2D eigenvalue weighted by atomic mass is 19.1. The summed E-state index contributed by atoms with van der Waals surface area (Å²) in [5.74, 6) is 0.0206. The summed E-state index contributed by atoms with van der Waals surface area (Å²) in [7, 11) is 0. The maximum Gasteiger partial charge on any atom is 0.200 e. The van der Waals surface area contributed by atoms with E-state index in [0.29, 0.717) is 11.3 Å². The van der Waals surface area contributed by atoms with Gasteiger partial charge >= 0.3 is 0 Å². The Labute approximate surface area is 111 Å². The van der Waals surface area contributed by atoms with Crippen LogP contribution in [0.3, 0.4) is 0 Å². The number of halogens is 1. The van der Waals surface area contributed by atoms with E-state index in [1.165, 1.54) is 18.2 Å². The molecule has 0 fully saturated rings. The standard InChI is InChI=1S/C16H15FO2/c1-11-6-7-16(12(2)8-11)19-10-15(18)13-4-3-5-14(17)9-13/h3-9H,10H2,1-2H3. The van der Waals surface area contributed by atoms with Crippen molar-refractivity contribution in [3.63, 3.8) is 0 Å². The largest absolute Gasteiger partial charge is 0.485 e. The Morgan fingerprint density at radius 2 is 1.95 bits per heavy atom. The normalized spacial score (nSPS) is 10.3. The minimum Gasteiger partial charge on any atom is -0.485 e. The topological polar surface area (TPSA) is 26.3 Å². The third-order valence-electron chi connectivity index (χ3n) is 2.84. The van der Waals surface area contributed by atoms with Crippen molar-refractivity contribution in [3.05, 3.63) is 65.0 Å². The molecule has 0 aliphatic carbocycles. The number of Topliss-reactive ketones (excluding diaryl/α,β-unsaturated/α-hetero) is 1. The van der Waals surface area contributed by atoms with Crippen LogP contribution in [0.2, 0.25) is 0 Å². The number of benzene rings is 2. The highest BCUT2D eigenvalue weighted by Crippen LogP contribution is 2.19. The van der Waals surface area contributed by atoms with E-state index in [-0.39, 0.29) is 12.4 Å². The molecule has 0 spiro atoms. The molecule has 0 aromatic heterocycles. The Kier molecular flexibility index (Phi) is 3.95. The Hall–Kier alpha value is -2.16. The number of hydrogen-bond acceptors (Lipinski definition) is 2. The summed E-state index contributed by atoms with van der Waals surface area (Å²) in [6, 6.07) is 11.4. The number of ketones is 1. The maximum atomic E-state index is 13.0. The van der Waals surface area contributed by atoms with Gasteiger partial charge in [-0.3, -0.25) is 4.79 Å². The van der Waals surface area contributed by atoms with Crippen LogP contribution in [0.25, 0.3) is 0 Å². The lowest BCUT2D eigenvalue weighted by Gasteiger charge is -2.09. The van der Waals surface area contributed by atoms with Crippen LogP contribution in [0, 0.1) is 19.7 Å². The van der Waals surface area contributed by atoms with Crippen LogP contribution >= 0.6 is 0 Å². The fourth-order valence-electron chi connectivity index (χ4n) is 1.85. The van der Waals surface area contributed by atoms with Crippen LogP contribution in [0.4, 0.5) is 4.39 Å². The summed E-state index contributed by atoms with van der Waals surface area (Å²) in [6.07, 6.45) is 0. The second kappa shape index (κ2) is 5.65. The predicted molar refractivity (Wildman–Crippen MR) is 72.1 cm³/mol. The van der Waals surface area contributed by atoms with Crippen molar-refractivity contribution in [3.8, 4) is 5.75 Å². The van der Waals surface area contributed by atoms with E-state index in [1.807, 2.05) is 32.0 Å².